The highest BCUT2D eigenvalue weighted by atomic mass is 16.4. The van der Waals surface area contributed by atoms with Crippen molar-refractivity contribution in [3.05, 3.63) is 0 Å². The SMILES string of the molecule is CC1CCN(C(=O)NCCCC(=O)O)C1CO. The second-order valence-electron chi connectivity index (χ2n) is 4.44. The Hall–Kier alpha value is -1.30. The van der Waals surface area contributed by atoms with E-state index >= 15 is 0 Å². The minimum atomic E-state index is -0.859. The first-order chi connectivity index (χ1) is 8.06. The Kier molecular flexibility index (Phi) is 5.21. The van der Waals surface area contributed by atoms with Gasteiger partial charge in [-0.25, -0.2) is 4.79 Å². The Bertz CT molecular complexity index is 283. The molecular weight excluding hydrogens is 224 g/mol. The van der Waals surface area contributed by atoms with E-state index < -0.39 is 5.97 Å². The lowest BCUT2D eigenvalue weighted by Crippen LogP contribution is -2.45. The van der Waals surface area contributed by atoms with Crippen LogP contribution in [0.4, 0.5) is 4.79 Å². The Morgan fingerprint density at radius 3 is 2.76 bits per heavy atom. The fraction of sp³-hybridized carbons (Fsp3) is 0.818. The molecule has 2 unspecified atom stereocenters. The predicted molar refractivity (Wildman–Crippen MR) is 61.6 cm³/mol. The Labute approximate surface area is 101 Å². The van der Waals surface area contributed by atoms with Gasteiger partial charge in [-0.1, -0.05) is 6.92 Å². The van der Waals surface area contributed by atoms with Crippen LogP contribution >= 0.6 is 0 Å². The molecule has 6 nitrogen and oxygen atoms in total. The number of carboxylic acids is 1. The summed E-state index contributed by atoms with van der Waals surface area (Å²) in [4.78, 5) is 23.7. The average Bonchev–Trinajstić information content (AvgIpc) is 2.65. The van der Waals surface area contributed by atoms with Gasteiger partial charge < -0.3 is 20.4 Å². The number of amides is 2. The van der Waals surface area contributed by atoms with Gasteiger partial charge in [0.05, 0.1) is 12.6 Å². The summed E-state index contributed by atoms with van der Waals surface area (Å²) in [7, 11) is 0. The number of nitrogens with zero attached hydrogens (tertiary/aromatic N) is 1. The minimum Gasteiger partial charge on any atom is -0.481 e. The molecule has 1 heterocycles. The van der Waals surface area contributed by atoms with Crippen molar-refractivity contribution in [3.8, 4) is 0 Å². The van der Waals surface area contributed by atoms with Crippen LogP contribution in [0.25, 0.3) is 0 Å². The lowest BCUT2D eigenvalue weighted by molar-refractivity contribution is -0.137. The average molecular weight is 244 g/mol. The van der Waals surface area contributed by atoms with E-state index in [1.54, 1.807) is 4.90 Å². The topological polar surface area (TPSA) is 89.9 Å². The van der Waals surface area contributed by atoms with E-state index in [9.17, 15) is 14.7 Å². The van der Waals surface area contributed by atoms with Gasteiger partial charge in [0.1, 0.15) is 0 Å². The zero-order chi connectivity index (χ0) is 12.8. The number of carbonyl (C=O) groups is 2. The molecule has 17 heavy (non-hydrogen) atoms. The number of aliphatic hydroxyl groups excluding tert-OH is 1. The van der Waals surface area contributed by atoms with Gasteiger partial charge in [0.25, 0.3) is 0 Å². The molecule has 1 rings (SSSR count). The fourth-order valence-electron chi connectivity index (χ4n) is 2.08. The molecule has 1 fully saturated rings. The molecule has 2 atom stereocenters. The molecule has 0 aromatic carbocycles. The molecule has 0 radical (unpaired) electrons. The maximum Gasteiger partial charge on any atom is 0.317 e. The highest BCUT2D eigenvalue weighted by Crippen LogP contribution is 2.23. The van der Waals surface area contributed by atoms with E-state index in [0.717, 1.165) is 6.42 Å². The lowest BCUT2D eigenvalue weighted by Gasteiger charge is -2.25. The van der Waals surface area contributed by atoms with Gasteiger partial charge in [-0.05, 0) is 18.8 Å². The van der Waals surface area contributed by atoms with E-state index in [1.165, 1.54) is 0 Å². The van der Waals surface area contributed by atoms with Crippen LogP contribution in [0.1, 0.15) is 26.2 Å². The molecule has 0 aliphatic carbocycles. The third-order valence-electron chi connectivity index (χ3n) is 3.17. The molecule has 6 heteroatoms. The normalized spacial score (nSPS) is 23.8. The van der Waals surface area contributed by atoms with Gasteiger partial charge in [0.2, 0.25) is 0 Å². The van der Waals surface area contributed by atoms with Crippen LogP contribution in [0.15, 0.2) is 0 Å². The Balaban J connectivity index is 2.30. The number of aliphatic hydroxyl groups is 1. The van der Waals surface area contributed by atoms with Gasteiger partial charge in [0, 0.05) is 19.5 Å². The first-order valence-corrected chi connectivity index (χ1v) is 5.93. The highest BCUT2D eigenvalue weighted by Gasteiger charge is 2.33. The van der Waals surface area contributed by atoms with Crippen molar-refractivity contribution < 1.29 is 19.8 Å². The third kappa shape index (κ3) is 3.89. The van der Waals surface area contributed by atoms with Gasteiger partial charge in [-0.3, -0.25) is 4.79 Å². The third-order valence-corrected chi connectivity index (χ3v) is 3.17. The zero-order valence-electron chi connectivity index (χ0n) is 10.1. The van der Waals surface area contributed by atoms with Crippen molar-refractivity contribution >= 4 is 12.0 Å². The van der Waals surface area contributed by atoms with Gasteiger partial charge in [-0.15, -0.1) is 0 Å². The summed E-state index contributed by atoms with van der Waals surface area (Å²) in [6, 6.07) is -0.326. The van der Waals surface area contributed by atoms with Crippen molar-refractivity contribution in [1.82, 2.24) is 10.2 Å². The van der Waals surface area contributed by atoms with Gasteiger partial charge >= 0.3 is 12.0 Å². The van der Waals surface area contributed by atoms with Crippen LogP contribution in [-0.4, -0.2) is 52.9 Å². The summed E-state index contributed by atoms with van der Waals surface area (Å²) in [5, 5.41) is 20.3. The summed E-state index contributed by atoms with van der Waals surface area (Å²) in [5.74, 6) is -0.549. The van der Waals surface area contributed by atoms with E-state index in [2.05, 4.69) is 5.32 Å². The number of hydrogen-bond acceptors (Lipinski definition) is 3. The van der Waals surface area contributed by atoms with Crippen molar-refractivity contribution in [2.75, 3.05) is 19.7 Å². The molecule has 98 valence electrons. The van der Waals surface area contributed by atoms with Crippen LogP contribution in [0.3, 0.4) is 0 Å². The molecule has 0 spiro atoms. The van der Waals surface area contributed by atoms with E-state index in [0.29, 0.717) is 25.4 Å². The van der Waals surface area contributed by atoms with Crippen LogP contribution < -0.4 is 5.32 Å². The lowest BCUT2D eigenvalue weighted by atomic mass is 10.0. The summed E-state index contributed by atoms with van der Waals surface area (Å²) in [6.07, 6.45) is 1.38. The number of carbonyl (C=O) groups excluding carboxylic acids is 1. The first-order valence-electron chi connectivity index (χ1n) is 5.93. The van der Waals surface area contributed by atoms with E-state index in [-0.39, 0.29) is 25.1 Å². The molecule has 1 aliphatic heterocycles. The quantitative estimate of drug-likeness (QED) is 0.605. The van der Waals surface area contributed by atoms with E-state index in [1.807, 2.05) is 6.92 Å². The minimum absolute atomic E-state index is 0.0241. The number of carboxylic acid groups (broad SMARTS) is 1. The summed E-state index contributed by atoms with van der Waals surface area (Å²) < 4.78 is 0. The molecule has 2 amide bonds. The smallest absolute Gasteiger partial charge is 0.317 e. The molecule has 0 aromatic rings. The van der Waals surface area contributed by atoms with Crippen molar-refractivity contribution in [2.24, 2.45) is 5.92 Å². The van der Waals surface area contributed by atoms with Crippen molar-refractivity contribution in [2.45, 2.75) is 32.2 Å². The number of urea groups is 1. The van der Waals surface area contributed by atoms with Crippen LogP contribution in [-0.2, 0) is 4.79 Å². The summed E-state index contributed by atoms with van der Waals surface area (Å²) in [6.45, 7) is 2.99. The number of likely N-dealkylation sites (tertiary alicyclic amines) is 1. The summed E-state index contributed by atoms with van der Waals surface area (Å²) in [5.41, 5.74) is 0. The monoisotopic (exact) mass is 244 g/mol. The van der Waals surface area contributed by atoms with Crippen molar-refractivity contribution in [3.63, 3.8) is 0 Å². The summed E-state index contributed by atoms with van der Waals surface area (Å²) >= 11 is 0. The number of nitrogens with one attached hydrogen (secondary N) is 1. The van der Waals surface area contributed by atoms with E-state index in [4.69, 9.17) is 5.11 Å². The molecule has 0 bridgehead atoms. The van der Waals surface area contributed by atoms with Crippen LogP contribution in [0.5, 0.6) is 0 Å². The maximum absolute atomic E-state index is 11.8. The molecule has 1 saturated heterocycles. The van der Waals surface area contributed by atoms with Crippen LogP contribution in [0.2, 0.25) is 0 Å². The highest BCUT2D eigenvalue weighted by molar-refractivity contribution is 5.75. The Morgan fingerprint density at radius 1 is 1.47 bits per heavy atom. The van der Waals surface area contributed by atoms with Gasteiger partial charge in [-0.2, -0.15) is 0 Å². The van der Waals surface area contributed by atoms with Crippen LogP contribution in [0, 0.1) is 5.92 Å². The molecule has 1 aliphatic rings. The van der Waals surface area contributed by atoms with Gasteiger partial charge in [0.15, 0.2) is 0 Å². The fourth-order valence-corrected chi connectivity index (χ4v) is 2.08. The first kappa shape index (κ1) is 13.8. The predicted octanol–water partition coefficient (Wildman–Crippen LogP) is 0.263. The largest absolute Gasteiger partial charge is 0.481 e. The second-order valence-corrected chi connectivity index (χ2v) is 4.44. The number of aliphatic carboxylic acids is 1. The number of rotatable bonds is 5. The molecule has 0 saturated carbocycles. The van der Waals surface area contributed by atoms with Crippen molar-refractivity contribution in [1.29, 1.82) is 0 Å². The Morgan fingerprint density at radius 2 is 2.18 bits per heavy atom. The molecule has 3 N–H and O–H groups in total. The molecular formula is C11H20N2O4. The number of hydrogen-bond donors (Lipinski definition) is 3. The molecule has 0 aromatic heterocycles. The maximum atomic E-state index is 11.8. The second kappa shape index (κ2) is 6.44. The zero-order valence-corrected chi connectivity index (χ0v) is 10.1. The standard InChI is InChI=1S/C11H20N2O4/c1-8-4-6-13(9(8)7-14)11(17)12-5-2-3-10(15)16/h8-9,14H,2-7H2,1H3,(H,12,17)(H,15,16).